The summed E-state index contributed by atoms with van der Waals surface area (Å²) < 4.78 is 4.79. The number of carbonyl (C=O) groups excluding carboxylic acids is 1. The Labute approximate surface area is 84.6 Å². The van der Waals surface area contributed by atoms with Gasteiger partial charge in [-0.3, -0.25) is 4.79 Å². The largest absolute Gasteiger partial charge is 0.465 e. The lowest BCUT2D eigenvalue weighted by atomic mass is 9.93. The molecule has 14 heavy (non-hydrogen) atoms. The monoisotopic (exact) mass is 201 g/mol. The summed E-state index contributed by atoms with van der Waals surface area (Å²) in [7, 11) is 0. The molecule has 1 aliphatic carbocycles. The highest BCUT2D eigenvalue weighted by Crippen LogP contribution is 2.17. The van der Waals surface area contributed by atoms with Crippen LogP contribution in [0.2, 0.25) is 0 Å². The minimum Gasteiger partial charge on any atom is -0.465 e. The summed E-state index contributed by atoms with van der Waals surface area (Å²) in [6.07, 6.45) is 3.68. The van der Waals surface area contributed by atoms with Gasteiger partial charge in [0.2, 0.25) is 0 Å². The Kier molecular flexibility index (Phi) is 4.90. The third-order valence-corrected chi connectivity index (χ3v) is 2.54. The van der Waals surface area contributed by atoms with Crippen molar-refractivity contribution in [1.82, 2.24) is 5.32 Å². The van der Waals surface area contributed by atoms with Gasteiger partial charge in [-0.15, -0.1) is 0 Å². The van der Waals surface area contributed by atoms with Crippen molar-refractivity contribution < 1.29 is 14.6 Å². The summed E-state index contributed by atoms with van der Waals surface area (Å²) >= 11 is 0. The van der Waals surface area contributed by atoms with Gasteiger partial charge in [0.15, 0.2) is 0 Å². The van der Waals surface area contributed by atoms with Crippen molar-refractivity contribution in [2.24, 2.45) is 0 Å². The first-order valence-corrected chi connectivity index (χ1v) is 5.31. The van der Waals surface area contributed by atoms with Gasteiger partial charge >= 0.3 is 5.97 Å². The van der Waals surface area contributed by atoms with Crippen LogP contribution in [0.15, 0.2) is 0 Å². The molecule has 2 N–H and O–H groups in total. The highest BCUT2D eigenvalue weighted by molar-refractivity contribution is 5.71. The van der Waals surface area contributed by atoms with Gasteiger partial charge in [-0.25, -0.2) is 0 Å². The summed E-state index contributed by atoms with van der Waals surface area (Å²) in [6.45, 7) is 2.40. The van der Waals surface area contributed by atoms with E-state index in [4.69, 9.17) is 4.74 Å². The van der Waals surface area contributed by atoms with Crippen LogP contribution in [-0.4, -0.2) is 36.4 Å². The second kappa shape index (κ2) is 5.98. The van der Waals surface area contributed by atoms with Crippen LogP contribution in [0.3, 0.4) is 0 Å². The standard InChI is InChI=1S/C10H19NO3/c1-2-14-10(13)7-11-8-5-3-4-6-9(8)12/h8-9,11-12H,2-7H2,1H3/t8-,9-/m1/s1. The van der Waals surface area contributed by atoms with Gasteiger partial charge < -0.3 is 15.2 Å². The molecule has 0 aliphatic heterocycles. The van der Waals surface area contributed by atoms with Gasteiger partial charge in [0, 0.05) is 6.04 Å². The molecule has 0 spiro atoms. The quantitative estimate of drug-likeness (QED) is 0.648. The van der Waals surface area contributed by atoms with Gasteiger partial charge in [0.05, 0.1) is 19.3 Å². The second-order valence-corrected chi connectivity index (χ2v) is 3.64. The number of hydrogen-bond acceptors (Lipinski definition) is 4. The summed E-state index contributed by atoms with van der Waals surface area (Å²) in [5.74, 6) is -0.245. The van der Waals surface area contributed by atoms with Crippen LogP contribution in [0.25, 0.3) is 0 Å². The fourth-order valence-electron chi connectivity index (χ4n) is 1.78. The number of rotatable bonds is 4. The molecule has 0 aromatic carbocycles. The lowest BCUT2D eigenvalue weighted by Crippen LogP contribution is -2.44. The van der Waals surface area contributed by atoms with Gasteiger partial charge in [0.25, 0.3) is 0 Å². The topological polar surface area (TPSA) is 58.6 Å². The normalized spacial score (nSPS) is 27.3. The van der Waals surface area contributed by atoms with Crippen LogP contribution in [0, 0.1) is 0 Å². The maximum Gasteiger partial charge on any atom is 0.319 e. The molecule has 0 bridgehead atoms. The fourth-order valence-corrected chi connectivity index (χ4v) is 1.78. The Hall–Kier alpha value is -0.610. The molecule has 0 heterocycles. The first-order chi connectivity index (χ1) is 6.74. The molecule has 1 fully saturated rings. The molecule has 0 aromatic heterocycles. The molecule has 1 saturated carbocycles. The number of aliphatic hydroxyl groups is 1. The first-order valence-electron chi connectivity index (χ1n) is 5.31. The average molecular weight is 201 g/mol. The van der Waals surface area contributed by atoms with Crippen LogP contribution < -0.4 is 5.32 Å². The van der Waals surface area contributed by atoms with Crippen molar-refractivity contribution in [1.29, 1.82) is 0 Å². The van der Waals surface area contributed by atoms with Crippen LogP contribution >= 0.6 is 0 Å². The van der Waals surface area contributed by atoms with Gasteiger partial charge in [-0.1, -0.05) is 12.8 Å². The molecule has 0 amide bonds. The van der Waals surface area contributed by atoms with Crippen molar-refractivity contribution in [3.8, 4) is 0 Å². The van der Waals surface area contributed by atoms with Crippen molar-refractivity contribution in [3.63, 3.8) is 0 Å². The van der Waals surface area contributed by atoms with Crippen molar-refractivity contribution >= 4 is 5.97 Å². The molecule has 0 saturated heterocycles. The van der Waals surface area contributed by atoms with E-state index in [2.05, 4.69) is 5.32 Å². The van der Waals surface area contributed by atoms with Crippen molar-refractivity contribution in [3.05, 3.63) is 0 Å². The zero-order valence-electron chi connectivity index (χ0n) is 8.66. The van der Waals surface area contributed by atoms with E-state index >= 15 is 0 Å². The van der Waals surface area contributed by atoms with Crippen LogP contribution in [0.5, 0.6) is 0 Å². The predicted octanol–water partition coefficient (Wildman–Crippen LogP) is 0.443. The second-order valence-electron chi connectivity index (χ2n) is 3.64. The van der Waals surface area contributed by atoms with E-state index in [9.17, 15) is 9.90 Å². The van der Waals surface area contributed by atoms with Gasteiger partial charge in [-0.05, 0) is 19.8 Å². The van der Waals surface area contributed by atoms with Crippen LogP contribution in [0.4, 0.5) is 0 Å². The zero-order chi connectivity index (χ0) is 10.4. The summed E-state index contributed by atoms with van der Waals surface area (Å²) in [5, 5.41) is 12.6. The van der Waals surface area contributed by atoms with E-state index in [0.717, 1.165) is 25.7 Å². The average Bonchev–Trinajstić information content (AvgIpc) is 2.17. The lowest BCUT2D eigenvalue weighted by molar-refractivity contribution is -0.142. The molecule has 2 atom stereocenters. The van der Waals surface area contributed by atoms with E-state index < -0.39 is 0 Å². The molecular formula is C10H19NO3. The molecule has 1 aliphatic rings. The molecular weight excluding hydrogens is 182 g/mol. The van der Waals surface area contributed by atoms with Crippen molar-refractivity contribution in [2.75, 3.05) is 13.2 Å². The third kappa shape index (κ3) is 3.64. The number of hydrogen-bond donors (Lipinski definition) is 2. The lowest BCUT2D eigenvalue weighted by Gasteiger charge is -2.28. The smallest absolute Gasteiger partial charge is 0.319 e. The van der Waals surface area contributed by atoms with Crippen LogP contribution in [0.1, 0.15) is 32.6 Å². The molecule has 0 aromatic rings. The Morgan fingerprint density at radius 1 is 1.50 bits per heavy atom. The van der Waals surface area contributed by atoms with Crippen LogP contribution in [-0.2, 0) is 9.53 Å². The number of aliphatic hydroxyl groups excluding tert-OH is 1. The predicted molar refractivity (Wildman–Crippen MR) is 52.9 cm³/mol. The van der Waals surface area contributed by atoms with E-state index in [1.165, 1.54) is 0 Å². The minimum atomic E-state index is -0.307. The number of nitrogens with one attached hydrogen (secondary N) is 1. The number of ether oxygens (including phenoxy) is 1. The maximum atomic E-state index is 11.0. The molecule has 0 unspecified atom stereocenters. The number of carbonyl (C=O) groups is 1. The SMILES string of the molecule is CCOC(=O)CN[C@@H]1CCCC[C@H]1O. The zero-order valence-corrected chi connectivity index (χ0v) is 8.66. The molecule has 82 valence electrons. The highest BCUT2D eigenvalue weighted by Gasteiger charge is 2.22. The highest BCUT2D eigenvalue weighted by atomic mass is 16.5. The summed E-state index contributed by atoms with van der Waals surface area (Å²) in [6, 6.07) is 0.0631. The van der Waals surface area contributed by atoms with Gasteiger partial charge in [0.1, 0.15) is 0 Å². The Bertz CT molecular complexity index is 184. The number of esters is 1. The molecule has 1 rings (SSSR count). The third-order valence-electron chi connectivity index (χ3n) is 2.54. The van der Waals surface area contributed by atoms with E-state index in [-0.39, 0.29) is 24.7 Å². The Balaban J connectivity index is 2.19. The van der Waals surface area contributed by atoms with Crippen molar-refractivity contribution in [2.45, 2.75) is 44.8 Å². The fraction of sp³-hybridized carbons (Fsp3) is 0.900. The van der Waals surface area contributed by atoms with E-state index in [1.807, 2.05) is 0 Å². The van der Waals surface area contributed by atoms with E-state index in [1.54, 1.807) is 6.92 Å². The first kappa shape index (κ1) is 11.5. The minimum absolute atomic E-state index is 0.0631. The maximum absolute atomic E-state index is 11.0. The molecule has 0 radical (unpaired) electrons. The van der Waals surface area contributed by atoms with Gasteiger partial charge in [-0.2, -0.15) is 0 Å². The van der Waals surface area contributed by atoms with E-state index in [0.29, 0.717) is 6.61 Å². The summed E-state index contributed by atoms with van der Waals surface area (Å²) in [5.41, 5.74) is 0. The molecule has 4 nitrogen and oxygen atoms in total. The Morgan fingerprint density at radius 3 is 2.86 bits per heavy atom. The molecule has 4 heteroatoms. The summed E-state index contributed by atoms with van der Waals surface area (Å²) in [4.78, 5) is 11.0. The Morgan fingerprint density at radius 2 is 2.21 bits per heavy atom.